The average Bonchev–Trinajstić information content (AvgIpc) is 2.57. The highest BCUT2D eigenvalue weighted by molar-refractivity contribution is 5.50. The highest BCUT2D eigenvalue weighted by Crippen LogP contribution is 2.47. The van der Waals surface area contributed by atoms with E-state index >= 15 is 0 Å². The molecule has 0 aromatic heterocycles. The van der Waals surface area contributed by atoms with Gasteiger partial charge in [0.1, 0.15) is 0 Å². The molecule has 1 N–H and O–H groups in total. The van der Waals surface area contributed by atoms with Gasteiger partial charge >= 0.3 is 0 Å². The number of benzene rings is 1. The first-order valence-electron chi connectivity index (χ1n) is 7.73. The third-order valence-corrected chi connectivity index (χ3v) is 5.20. The summed E-state index contributed by atoms with van der Waals surface area (Å²) in [6.07, 6.45) is 7.80. The SMILES string of the molecule is COc1cc2c(cc1O)CN(C)CCC21CCCCC1. The summed E-state index contributed by atoms with van der Waals surface area (Å²) in [6.45, 7) is 2.06. The topological polar surface area (TPSA) is 32.7 Å². The van der Waals surface area contributed by atoms with Gasteiger partial charge in [-0.25, -0.2) is 0 Å². The Morgan fingerprint density at radius 2 is 1.90 bits per heavy atom. The van der Waals surface area contributed by atoms with Crippen molar-refractivity contribution in [3.8, 4) is 11.5 Å². The summed E-state index contributed by atoms with van der Waals surface area (Å²) in [7, 11) is 3.81. The van der Waals surface area contributed by atoms with Crippen molar-refractivity contribution in [3.63, 3.8) is 0 Å². The number of methoxy groups -OCH3 is 1. The molecular formula is C17H25NO2. The van der Waals surface area contributed by atoms with Crippen molar-refractivity contribution in [3.05, 3.63) is 23.3 Å². The van der Waals surface area contributed by atoms with Gasteiger partial charge in [-0.15, -0.1) is 0 Å². The zero-order valence-corrected chi connectivity index (χ0v) is 12.6. The minimum atomic E-state index is 0.271. The fourth-order valence-corrected chi connectivity index (χ4v) is 4.06. The van der Waals surface area contributed by atoms with Crippen LogP contribution in [0.15, 0.2) is 12.1 Å². The van der Waals surface area contributed by atoms with Gasteiger partial charge in [-0.1, -0.05) is 19.3 Å². The van der Waals surface area contributed by atoms with Gasteiger partial charge in [-0.3, -0.25) is 0 Å². The molecule has 3 rings (SSSR count). The zero-order valence-electron chi connectivity index (χ0n) is 12.6. The predicted octanol–water partition coefficient (Wildman–Crippen LogP) is 3.44. The maximum Gasteiger partial charge on any atom is 0.160 e. The molecule has 3 heteroatoms. The van der Waals surface area contributed by atoms with Crippen molar-refractivity contribution < 1.29 is 9.84 Å². The standard InChI is InChI=1S/C17H25NO2/c1-18-9-8-17(6-4-3-5-7-17)14-11-16(20-2)15(19)10-13(14)12-18/h10-11,19H,3-9,12H2,1-2H3. The van der Waals surface area contributed by atoms with Crippen molar-refractivity contribution in [2.24, 2.45) is 0 Å². The number of ether oxygens (including phenoxy) is 1. The van der Waals surface area contributed by atoms with Gasteiger partial charge in [-0.2, -0.15) is 0 Å². The molecule has 0 unspecified atom stereocenters. The van der Waals surface area contributed by atoms with E-state index in [0.29, 0.717) is 11.2 Å². The Labute approximate surface area is 121 Å². The smallest absolute Gasteiger partial charge is 0.160 e. The Bertz CT molecular complexity index is 492. The van der Waals surface area contributed by atoms with Gasteiger partial charge in [0, 0.05) is 6.54 Å². The molecule has 1 saturated carbocycles. The van der Waals surface area contributed by atoms with E-state index in [0.717, 1.165) is 13.1 Å². The molecule has 0 bridgehead atoms. The number of fused-ring (bicyclic) bond motifs is 2. The van der Waals surface area contributed by atoms with Gasteiger partial charge in [0.2, 0.25) is 0 Å². The van der Waals surface area contributed by atoms with E-state index in [1.807, 2.05) is 6.07 Å². The van der Waals surface area contributed by atoms with Crippen LogP contribution in [-0.4, -0.2) is 30.7 Å². The molecule has 2 aliphatic rings. The second kappa shape index (κ2) is 5.28. The predicted molar refractivity (Wildman–Crippen MR) is 80.4 cm³/mol. The Kier molecular flexibility index (Phi) is 3.63. The number of hydrogen-bond donors (Lipinski definition) is 1. The second-order valence-corrected chi connectivity index (χ2v) is 6.51. The number of aromatic hydroxyl groups is 1. The normalized spacial score (nSPS) is 22.3. The first-order chi connectivity index (χ1) is 9.64. The van der Waals surface area contributed by atoms with Crippen molar-refractivity contribution in [1.82, 2.24) is 4.90 Å². The molecule has 1 aliphatic carbocycles. The summed E-state index contributed by atoms with van der Waals surface area (Å²) in [6, 6.07) is 4.03. The molecule has 3 nitrogen and oxygen atoms in total. The quantitative estimate of drug-likeness (QED) is 0.852. The molecule has 1 aromatic carbocycles. The van der Waals surface area contributed by atoms with E-state index in [1.165, 1.54) is 49.7 Å². The van der Waals surface area contributed by atoms with Crippen LogP contribution in [0.25, 0.3) is 0 Å². The Morgan fingerprint density at radius 3 is 2.60 bits per heavy atom. The minimum absolute atomic E-state index is 0.271. The minimum Gasteiger partial charge on any atom is -0.504 e. The summed E-state index contributed by atoms with van der Waals surface area (Å²) in [5, 5.41) is 10.1. The summed E-state index contributed by atoms with van der Waals surface area (Å²) in [5.74, 6) is 0.894. The van der Waals surface area contributed by atoms with Crippen molar-refractivity contribution in [2.45, 2.75) is 50.5 Å². The lowest BCUT2D eigenvalue weighted by molar-refractivity contribution is 0.241. The van der Waals surface area contributed by atoms with E-state index in [4.69, 9.17) is 4.74 Å². The van der Waals surface area contributed by atoms with E-state index in [2.05, 4.69) is 18.0 Å². The van der Waals surface area contributed by atoms with E-state index < -0.39 is 0 Å². The summed E-state index contributed by atoms with van der Waals surface area (Å²) < 4.78 is 5.35. The van der Waals surface area contributed by atoms with Crippen molar-refractivity contribution in [2.75, 3.05) is 20.7 Å². The zero-order chi connectivity index (χ0) is 14.2. The van der Waals surface area contributed by atoms with Crippen LogP contribution in [0.2, 0.25) is 0 Å². The summed E-state index contributed by atoms with van der Waals surface area (Å²) in [5.41, 5.74) is 3.01. The van der Waals surface area contributed by atoms with Gasteiger partial charge in [-0.05, 0) is 61.5 Å². The molecule has 0 radical (unpaired) electrons. The van der Waals surface area contributed by atoms with Crippen LogP contribution < -0.4 is 4.74 Å². The molecule has 1 fully saturated rings. The van der Waals surface area contributed by atoms with Gasteiger partial charge in [0.25, 0.3) is 0 Å². The summed E-state index contributed by atoms with van der Waals surface area (Å²) >= 11 is 0. The number of rotatable bonds is 1. The van der Waals surface area contributed by atoms with Crippen LogP contribution in [0, 0.1) is 0 Å². The van der Waals surface area contributed by atoms with E-state index in [-0.39, 0.29) is 5.75 Å². The Hall–Kier alpha value is -1.22. The maximum absolute atomic E-state index is 10.1. The fourth-order valence-electron chi connectivity index (χ4n) is 4.06. The molecule has 1 aliphatic heterocycles. The van der Waals surface area contributed by atoms with Crippen LogP contribution >= 0.6 is 0 Å². The van der Waals surface area contributed by atoms with Gasteiger partial charge < -0.3 is 14.7 Å². The Balaban J connectivity index is 2.11. The average molecular weight is 275 g/mol. The molecule has 1 aromatic rings. The van der Waals surface area contributed by atoms with Gasteiger partial charge in [0.05, 0.1) is 7.11 Å². The monoisotopic (exact) mass is 275 g/mol. The number of nitrogens with zero attached hydrogens (tertiary/aromatic N) is 1. The lowest BCUT2D eigenvalue weighted by Gasteiger charge is -2.38. The number of hydrogen-bond acceptors (Lipinski definition) is 3. The molecule has 1 heterocycles. The molecule has 0 amide bonds. The van der Waals surface area contributed by atoms with Crippen LogP contribution in [0.4, 0.5) is 0 Å². The first kappa shape index (κ1) is 13.7. The highest BCUT2D eigenvalue weighted by Gasteiger charge is 2.38. The van der Waals surface area contributed by atoms with Crippen LogP contribution in [-0.2, 0) is 12.0 Å². The molecule has 1 spiro atoms. The Morgan fingerprint density at radius 1 is 1.15 bits per heavy atom. The van der Waals surface area contributed by atoms with Crippen molar-refractivity contribution in [1.29, 1.82) is 0 Å². The van der Waals surface area contributed by atoms with Crippen molar-refractivity contribution >= 4 is 0 Å². The largest absolute Gasteiger partial charge is 0.504 e. The number of phenols is 1. The van der Waals surface area contributed by atoms with E-state index in [9.17, 15) is 5.11 Å². The summed E-state index contributed by atoms with van der Waals surface area (Å²) in [4.78, 5) is 2.37. The van der Waals surface area contributed by atoms with Crippen LogP contribution in [0.5, 0.6) is 11.5 Å². The molecule has 0 atom stereocenters. The van der Waals surface area contributed by atoms with E-state index in [1.54, 1.807) is 7.11 Å². The molecule has 20 heavy (non-hydrogen) atoms. The molecule has 110 valence electrons. The maximum atomic E-state index is 10.1. The van der Waals surface area contributed by atoms with Crippen LogP contribution in [0.3, 0.4) is 0 Å². The van der Waals surface area contributed by atoms with Crippen LogP contribution in [0.1, 0.15) is 49.7 Å². The number of phenolic OH excluding ortho intramolecular Hbond substituents is 1. The third kappa shape index (κ3) is 2.28. The van der Waals surface area contributed by atoms with Gasteiger partial charge in [0.15, 0.2) is 11.5 Å². The lowest BCUT2D eigenvalue weighted by Crippen LogP contribution is -2.31. The molecular weight excluding hydrogens is 250 g/mol. The lowest BCUT2D eigenvalue weighted by atomic mass is 9.66. The second-order valence-electron chi connectivity index (χ2n) is 6.51. The third-order valence-electron chi connectivity index (χ3n) is 5.20. The first-order valence-corrected chi connectivity index (χ1v) is 7.73. The fraction of sp³-hybridized carbons (Fsp3) is 0.647. The highest BCUT2D eigenvalue weighted by atomic mass is 16.5. The molecule has 0 saturated heterocycles.